The van der Waals surface area contributed by atoms with E-state index in [9.17, 15) is 5.26 Å². The first-order valence-corrected chi connectivity index (χ1v) is 7.59. The zero-order valence-electron chi connectivity index (χ0n) is 11.8. The van der Waals surface area contributed by atoms with Crippen LogP contribution in [0.15, 0.2) is 23.1 Å². The number of nitrogens with zero attached hydrogens (tertiary/aromatic N) is 2. The minimum atomic E-state index is 0.410. The summed E-state index contributed by atoms with van der Waals surface area (Å²) < 4.78 is 1.99. The quantitative estimate of drug-likeness (QED) is 0.869. The Bertz CT molecular complexity index is 635. The van der Waals surface area contributed by atoms with Crippen molar-refractivity contribution >= 4 is 22.7 Å². The lowest BCUT2D eigenvalue weighted by Gasteiger charge is -2.07. The molecule has 1 aromatic heterocycles. The van der Waals surface area contributed by atoms with Gasteiger partial charge in [-0.1, -0.05) is 19.9 Å². The van der Waals surface area contributed by atoms with Crippen molar-refractivity contribution in [3.8, 4) is 6.07 Å². The third-order valence-electron chi connectivity index (χ3n) is 3.31. The molecule has 0 atom stereocenters. The normalized spacial score (nSPS) is 11.2. The van der Waals surface area contributed by atoms with Crippen LogP contribution in [0.1, 0.15) is 25.1 Å². The summed E-state index contributed by atoms with van der Waals surface area (Å²) >= 11 is 1.72. The van der Waals surface area contributed by atoms with E-state index in [0.29, 0.717) is 6.04 Å². The zero-order chi connectivity index (χ0) is 14.0. The summed E-state index contributed by atoms with van der Waals surface area (Å²) in [6.07, 6.45) is 2.07. The van der Waals surface area contributed by atoms with E-state index in [1.54, 1.807) is 11.8 Å². The maximum Gasteiger partial charge on any atom is 0.125 e. The Balaban J connectivity index is 2.58. The van der Waals surface area contributed by atoms with Gasteiger partial charge in [0.15, 0.2) is 0 Å². The third-order valence-corrected chi connectivity index (χ3v) is 4.03. The monoisotopic (exact) mass is 273 g/mol. The third kappa shape index (κ3) is 2.63. The average molecular weight is 273 g/mol. The molecule has 2 aromatic rings. The summed E-state index contributed by atoms with van der Waals surface area (Å²) in [6.45, 7) is 4.96. The van der Waals surface area contributed by atoms with Crippen LogP contribution in [0.5, 0.6) is 0 Å². The van der Waals surface area contributed by atoms with Gasteiger partial charge in [-0.15, -0.1) is 11.8 Å². The fraction of sp³-hybridized carbons (Fsp3) is 0.400. The fourth-order valence-electron chi connectivity index (χ4n) is 2.25. The number of hydrogen-bond acceptors (Lipinski definition) is 3. The maximum absolute atomic E-state index is 9.39. The number of rotatable bonds is 4. The molecule has 0 radical (unpaired) electrons. The molecule has 1 aromatic carbocycles. The Hall–Kier alpha value is -1.44. The molecule has 1 heterocycles. The number of thioether (sulfide) groups is 1. The van der Waals surface area contributed by atoms with Gasteiger partial charge in [0.25, 0.3) is 0 Å². The van der Waals surface area contributed by atoms with Gasteiger partial charge in [0.2, 0.25) is 0 Å². The van der Waals surface area contributed by atoms with E-state index >= 15 is 0 Å². The Morgan fingerprint density at radius 1 is 1.42 bits per heavy atom. The van der Waals surface area contributed by atoms with Gasteiger partial charge >= 0.3 is 0 Å². The van der Waals surface area contributed by atoms with Crippen molar-refractivity contribution in [1.29, 1.82) is 5.26 Å². The number of nitrogens with one attached hydrogen (secondary N) is 1. The minimum Gasteiger partial charge on any atom is -0.335 e. The largest absolute Gasteiger partial charge is 0.335 e. The summed E-state index contributed by atoms with van der Waals surface area (Å²) in [7, 11) is 1.96. The predicted octanol–water partition coefficient (Wildman–Crippen LogP) is 3.27. The average Bonchev–Trinajstić information content (AvgIpc) is 2.68. The standard InChI is InChI=1S/C15H19N3S/c1-10(2)17-9-13-12-6-5-11(19-4)7-14(12)18(3)15(13)8-16/h5-7,10,17H,9H2,1-4H3. The minimum absolute atomic E-state index is 0.410. The summed E-state index contributed by atoms with van der Waals surface area (Å²) in [5.74, 6) is 0. The van der Waals surface area contributed by atoms with E-state index in [2.05, 4.69) is 49.7 Å². The van der Waals surface area contributed by atoms with E-state index in [0.717, 1.165) is 23.3 Å². The molecule has 0 saturated carbocycles. The van der Waals surface area contributed by atoms with Gasteiger partial charge in [-0.2, -0.15) is 5.26 Å². The van der Waals surface area contributed by atoms with E-state index in [-0.39, 0.29) is 0 Å². The van der Waals surface area contributed by atoms with Crippen molar-refractivity contribution < 1.29 is 0 Å². The molecule has 0 unspecified atom stereocenters. The highest BCUT2D eigenvalue weighted by atomic mass is 32.2. The second-order valence-corrected chi connectivity index (χ2v) is 5.80. The molecule has 0 aliphatic rings. The predicted molar refractivity (Wildman–Crippen MR) is 81.4 cm³/mol. The Labute approximate surface area is 118 Å². The van der Waals surface area contributed by atoms with Crippen LogP contribution in [0.4, 0.5) is 0 Å². The van der Waals surface area contributed by atoms with Crippen LogP contribution in [0, 0.1) is 11.3 Å². The van der Waals surface area contributed by atoms with Gasteiger partial charge in [-0.3, -0.25) is 0 Å². The Morgan fingerprint density at radius 2 is 2.16 bits per heavy atom. The van der Waals surface area contributed by atoms with Crippen LogP contribution in [-0.2, 0) is 13.6 Å². The highest BCUT2D eigenvalue weighted by Crippen LogP contribution is 2.28. The summed E-state index contributed by atoms with van der Waals surface area (Å²) in [4.78, 5) is 1.22. The smallest absolute Gasteiger partial charge is 0.125 e. The first kappa shape index (κ1) is 14.0. The maximum atomic E-state index is 9.39. The SMILES string of the molecule is CSc1ccc2c(CNC(C)C)c(C#N)n(C)c2c1. The molecule has 0 fully saturated rings. The first-order valence-electron chi connectivity index (χ1n) is 6.37. The molecule has 0 aliphatic carbocycles. The second kappa shape index (κ2) is 5.68. The number of fused-ring (bicyclic) bond motifs is 1. The molecular formula is C15H19N3S. The summed E-state index contributed by atoms with van der Waals surface area (Å²) in [5.41, 5.74) is 2.98. The fourth-order valence-corrected chi connectivity index (χ4v) is 2.68. The van der Waals surface area contributed by atoms with Crippen molar-refractivity contribution in [2.75, 3.05) is 6.26 Å². The zero-order valence-corrected chi connectivity index (χ0v) is 12.6. The van der Waals surface area contributed by atoms with Crippen molar-refractivity contribution in [3.05, 3.63) is 29.5 Å². The Kier molecular flexibility index (Phi) is 4.18. The van der Waals surface area contributed by atoms with Crippen molar-refractivity contribution in [2.24, 2.45) is 7.05 Å². The van der Waals surface area contributed by atoms with Crippen molar-refractivity contribution in [1.82, 2.24) is 9.88 Å². The van der Waals surface area contributed by atoms with Gasteiger partial charge in [0, 0.05) is 35.5 Å². The van der Waals surface area contributed by atoms with Crippen LogP contribution in [0.25, 0.3) is 10.9 Å². The molecule has 1 N–H and O–H groups in total. The van der Waals surface area contributed by atoms with Crippen molar-refractivity contribution in [2.45, 2.75) is 31.3 Å². The lowest BCUT2D eigenvalue weighted by molar-refractivity contribution is 0.589. The second-order valence-electron chi connectivity index (χ2n) is 4.92. The highest BCUT2D eigenvalue weighted by molar-refractivity contribution is 7.98. The lowest BCUT2D eigenvalue weighted by atomic mass is 10.1. The van der Waals surface area contributed by atoms with Crippen LogP contribution >= 0.6 is 11.8 Å². The van der Waals surface area contributed by atoms with Gasteiger partial charge in [-0.05, 0) is 18.4 Å². The number of benzene rings is 1. The molecule has 0 aliphatic heterocycles. The van der Waals surface area contributed by atoms with Crippen LogP contribution in [0.3, 0.4) is 0 Å². The van der Waals surface area contributed by atoms with Gasteiger partial charge in [0.05, 0.1) is 5.52 Å². The van der Waals surface area contributed by atoms with Crippen molar-refractivity contribution in [3.63, 3.8) is 0 Å². The molecule has 19 heavy (non-hydrogen) atoms. The molecule has 0 amide bonds. The summed E-state index contributed by atoms with van der Waals surface area (Å²) in [6, 6.07) is 9.14. The number of aryl methyl sites for hydroxylation is 1. The molecule has 0 saturated heterocycles. The Morgan fingerprint density at radius 3 is 2.74 bits per heavy atom. The highest BCUT2D eigenvalue weighted by Gasteiger charge is 2.15. The van der Waals surface area contributed by atoms with Gasteiger partial charge < -0.3 is 9.88 Å². The molecule has 100 valence electrons. The van der Waals surface area contributed by atoms with E-state index in [1.807, 2.05) is 11.6 Å². The molecule has 0 bridgehead atoms. The molecular weight excluding hydrogens is 254 g/mol. The van der Waals surface area contributed by atoms with E-state index in [4.69, 9.17) is 0 Å². The number of nitriles is 1. The molecule has 3 nitrogen and oxygen atoms in total. The lowest BCUT2D eigenvalue weighted by Crippen LogP contribution is -2.22. The molecule has 0 spiro atoms. The van der Waals surface area contributed by atoms with Gasteiger partial charge in [-0.25, -0.2) is 0 Å². The topological polar surface area (TPSA) is 40.8 Å². The molecule has 2 rings (SSSR count). The summed E-state index contributed by atoms with van der Waals surface area (Å²) in [5, 5.41) is 14.0. The number of hydrogen-bond donors (Lipinski definition) is 1. The van der Waals surface area contributed by atoms with E-state index in [1.165, 1.54) is 10.3 Å². The number of aromatic nitrogens is 1. The van der Waals surface area contributed by atoms with Gasteiger partial charge in [0.1, 0.15) is 11.8 Å². The van der Waals surface area contributed by atoms with E-state index < -0.39 is 0 Å². The van der Waals surface area contributed by atoms with Crippen LogP contribution in [-0.4, -0.2) is 16.9 Å². The van der Waals surface area contributed by atoms with Crippen LogP contribution in [0.2, 0.25) is 0 Å². The van der Waals surface area contributed by atoms with Crippen LogP contribution < -0.4 is 5.32 Å². The molecule has 4 heteroatoms. The first-order chi connectivity index (χ1) is 9.08.